The fourth-order valence-electron chi connectivity index (χ4n) is 5.13. The van der Waals surface area contributed by atoms with Gasteiger partial charge in [0.1, 0.15) is 17.3 Å². The summed E-state index contributed by atoms with van der Waals surface area (Å²) in [6, 6.07) is 23.7. The average Bonchev–Trinajstić information content (AvgIpc) is 3.42. The molecule has 1 amide bonds. The van der Waals surface area contributed by atoms with Crippen LogP contribution in [0.1, 0.15) is 43.5 Å². The molecule has 0 aliphatic heterocycles. The van der Waals surface area contributed by atoms with Gasteiger partial charge in [0.15, 0.2) is 16.7 Å². The molecule has 0 spiro atoms. The second-order valence-electron chi connectivity index (χ2n) is 10.1. The Morgan fingerprint density at radius 3 is 2.32 bits per heavy atom. The van der Waals surface area contributed by atoms with Gasteiger partial charge in [-0.3, -0.25) is 9.36 Å². The molecule has 0 N–H and O–H groups in total. The SMILES string of the molecule is COc1ccc(Cc2nnc(SCC(=O)N(C)C3CCCCC3)n2-c2ccc(Oc3ccccc3)cc2)cc1OC. The summed E-state index contributed by atoms with van der Waals surface area (Å²) >= 11 is 1.42. The molecule has 0 atom stereocenters. The molecule has 0 unspecified atom stereocenters. The Bertz CT molecular complexity index is 1440. The fourth-order valence-corrected chi connectivity index (χ4v) is 6.02. The highest BCUT2D eigenvalue weighted by atomic mass is 32.2. The molecule has 41 heavy (non-hydrogen) atoms. The van der Waals surface area contributed by atoms with E-state index in [1.807, 2.05) is 89.3 Å². The zero-order valence-electron chi connectivity index (χ0n) is 23.8. The van der Waals surface area contributed by atoms with Gasteiger partial charge in [0, 0.05) is 25.2 Å². The maximum Gasteiger partial charge on any atom is 0.233 e. The lowest BCUT2D eigenvalue weighted by Gasteiger charge is -2.31. The topological polar surface area (TPSA) is 78.7 Å². The van der Waals surface area contributed by atoms with Gasteiger partial charge in [0.05, 0.1) is 20.0 Å². The van der Waals surface area contributed by atoms with Gasteiger partial charge in [-0.2, -0.15) is 0 Å². The van der Waals surface area contributed by atoms with Gasteiger partial charge in [-0.25, -0.2) is 0 Å². The first-order valence-electron chi connectivity index (χ1n) is 13.9. The highest BCUT2D eigenvalue weighted by Crippen LogP contribution is 2.31. The lowest BCUT2D eigenvalue weighted by atomic mass is 9.94. The predicted molar refractivity (Wildman–Crippen MR) is 161 cm³/mol. The Labute approximate surface area is 245 Å². The lowest BCUT2D eigenvalue weighted by molar-refractivity contribution is -0.129. The van der Waals surface area contributed by atoms with Gasteiger partial charge in [0.25, 0.3) is 0 Å². The van der Waals surface area contributed by atoms with Crippen molar-refractivity contribution in [3.05, 3.63) is 84.2 Å². The van der Waals surface area contributed by atoms with Crippen LogP contribution in [0.15, 0.2) is 78.0 Å². The van der Waals surface area contributed by atoms with Crippen LogP contribution in [0.2, 0.25) is 0 Å². The van der Waals surface area contributed by atoms with Gasteiger partial charge in [-0.1, -0.05) is 55.3 Å². The summed E-state index contributed by atoms with van der Waals surface area (Å²) < 4.78 is 18.9. The van der Waals surface area contributed by atoms with Gasteiger partial charge in [0.2, 0.25) is 5.91 Å². The second kappa shape index (κ2) is 13.6. The summed E-state index contributed by atoms with van der Waals surface area (Å²) in [5.41, 5.74) is 1.89. The predicted octanol–water partition coefficient (Wildman–Crippen LogP) is 6.55. The molecule has 1 saturated carbocycles. The average molecular weight is 573 g/mol. The molecule has 0 radical (unpaired) electrons. The van der Waals surface area contributed by atoms with E-state index in [-0.39, 0.29) is 5.91 Å². The monoisotopic (exact) mass is 572 g/mol. The molecule has 0 bridgehead atoms. The van der Waals surface area contributed by atoms with Crippen molar-refractivity contribution in [2.24, 2.45) is 0 Å². The lowest BCUT2D eigenvalue weighted by Crippen LogP contribution is -2.39. The molecule has 0 saturated heterocycles. The minimum atomic E-state index is 0.115. The molecule has 3 aromatic carbocycles. The van der Waals surface area contributed by atoms with Crippen molar-refractivity contribution in [1.82, 2.24) is 19.7 Å². The number of hydrogen-bond donors (Lipinski definition) is 0. The van der Waals surface area contributed by atoms with E-state index >= 15 is 0 Å². The molecule has 1 heterocycles. The summed E-state index contributed by atoms with van der Waals surface area (Å²) in [5.74, 6) is 4.00. The third kappa shape index (κ3) is 7.03. The summed E-state index contributed by atoms with van der Waals surface area (Å²) in [5, 5.41) is 9.74. The maximum atomic E-state index is 13.1. The van der Waals surface area contributed by atoms with Crippen molar-refractivity contribution >= 4 is 17.7 Å². The highest BCUT2D eigenvalue weighted by molar-refractivity contribution is 7.99. The Balaban J connectivity index is 1.39. The van der Waals surface area contributed by atoms with E-state index < -0.39 is 0 Å². The quantitative estimate of drug-likeness (QED) is 0.189. The second-order valence-corrected chi connectivity index (χ2v) is 11.0. The number of thioether (sulfide) groups is 1. The van der Waals surface area contributed by atoms with E-state index in [4.69, 9.17) is 14.2 Å². The van der Waals surface area contributed by atoms with Crippen LogP contribution in [0, 0.1) is 0 Å². The Hall–Kier alpha value is -3.98. The number of carbonyl (C=O) groups excluding carboxylic acids is 1. The summed E-state index contributed by atoms with van der Waals surface area (Å²) in [6.45, 7) is 0. The minimum Gasteiger partial charge on any atom is -0.493 e. The molecular weight excluding hydrogens is 536 g/mol. The van der Waals surface area contributed by atoms with Crippen molar-refractivity contribution < 1.29 is 19.0 Å². The molecule has 8 nitrogen and oxygen atoms in total. The van der Waals surface area contributed by atoms with E-state index in [9.17, 15) is 4.79 Å². The number of amides is 1. The van der Waals surface area contributed by atoms with Crippen LogP contribution in [-0.4, -0.2) is 58.6 Å². The molecule has 1 fully saturated rings. The maximum absolute atomic E-state index is 13.1. The van der Waals surface area contributed by atoms with Gasteiger partial charge < -0.3 is 19.1 Å². The van der Waals surface area contributed by atoms with Crippen LogP contribution in [0.3, 0.4) is 0 Å². The first-order valence-corrected chi connectivity index (χ1v) is 14.9. The number of ether oxygens (including phenoxy) is 3. The minimum absolute atomic E-state index is 0.115. The largest absolute Gasteiger partial charge is 0.493 e. The molecular formula is C32H36N4O4S. The molecule has 214 valence electrons. The third-order valence-electron chi connectivity index (χ3n) is 7.42. The molecule has 9 heteroatoms. The number of nitrogens with zero attached hydrogens (tertiary/aromatic N) is 4. The molecule has 4 aromatic rings. The van der Waals surface area contributed by atoms with Gasteiger partial charge >= 0.3 is 0 Å². The first-order chi connectivity index (χ1) is 20.1. The van der Waals surface area contributed by atoms with Gasteiger partial charge in [-0.05, 0) is 66.9 Å². The van der Waals surface area contributed by atoms with E-state index in [1.165, 1.54) is 31.0 Å². The van der Waals surface area contributed by atoms with Crippen LogP contribution in [0.25, 0.3) is 5.69 Å². The van der Waals surface area contributed by atoms with Crippen LogP contribution in [0.4, 0.5) is 0 Å². The zero-order chi connectivity index (χ0) is 28.6. The Morgan fingerprint density at radius 1 is 0.902 bits per heavy atom. The third-order valence-corrected chi connectivity index (χ3v) is 8.34. The van der Waals surface area contributed by atoms with Crippen LogP contribution in [0.5, 0.6) is 23.0 Å². The molecule has 5 rings (SSSR count). The van der Waals surface area contributed by atoms with E-state index in [1.54, 1.807) is 14.2 Å². The molecule has 1 aliphatic carbocycles. The first kappa shape index (κ1) is 28.5. The van der Waals surface area contributed by atoms with Crippen LogP contribution >= 0.6 is 11.8 Å². The Kier molecular flexibility index (Phi) is 9.46. The van der Waals surface area contributed by atoms with Crippen molar-refractivity contribution in [2.75, 3.05) is 27.0 Å². The van der Waals surface area contributed by atoms with E-state index in [2.05, 4.69) is 10.2 Å². The standard InChI is InChI=1S/C32H36N4O4S/c1-35(24-10-6-4-7-11-24)31(37)22-41-32-34-33-30(21-23-14-19-28(38-2)29(20-23)39-3)36(32)25-15-17-27(18-16-25)40-26-12-8-5-9-13-26/h5,8-9,12-20,24H,4,6-7,10-11,21-22H2,1-3H3. The Morgan fingerprint density at radius 2 is 1.61 bits per heavy atom. The molecule has 1 aromatic heterocycles. The van der Waals surface area contributed by atoms with Crippen molar-refractivity contribution in [3.8, 4) is 28.7 Å². The number of rotatable bonds is 11. The number of hydrogen-bond acceptors (Lipinski definition) is 7. The summed E-state index contributed by atoms with van der Waals surface area (Å²) in [7, 11) is 5.17. The van der Waals surface area contributed by atoms with Crippen molar-refractivity contribution in [3.63, 3.8) is 0 Å². The zero-order valence-corrected chi connectivity index (χ0v) is 24.6. The number of aromatic nitrogens is 3. The smallest absolute Gasteiger partial charge is 0.233 e. The van der Waals surface area contributed by atoms with Crippen molar-refractivity contribution in [1.29, 1.82) is 0 Å². The number of methoxy groups -OCH3 is 2. The normalized spacial score (nSPS) is 13.5. The van der Waals surface area contributed by atoms with Crippen molar-refractivity contribution in [2.45, 2.75) is 49.7 Å². The van der Waals surface area contributed by atoms with Crippen LogP contribution in [-0.2, 0) is 11.2 Å². The number of carbonyl (C=O) groups is 1. The van der Waals surface area contributed by atoms with Gasteiger partial charge in [-0.15, -0.1) is 10.2 Å². The summed E-state index contributed by atoms with van der Waals surface area (Å²) in [6.07, 6.45) is 6.31. The van der Waals surface area contributed by atoms with E-state index in [0.29, 0.717) is 34.9 Å². The molecule has 1 aliphatic rings. The van der Waals surface area contributed by atoms with Crippen LogP contribution < -0.4 is 14.2 Å². The highest BCUT2D eigenvalue weighted by Gasteiger charge is 2.23. The van der Waals surface area contributed by atoms with E-state index in [0.717, 1.165) is 41.4 Å². The fraction of sp³-hybridized carbons (Fsp3) is 0.344. The number of para-hydroxylation sites is 1. The summed E-state index contributed by atoms with van der Waals surface area (Å²) in [4.78, 5) is 15.0. The number of benzene rings is 3.